The lowest BCUT2D eigenvalue weighted by Crippen LogP contribution is -2.10. The van der Waals surface area contributed by atoms with Gasteiger partial charge in [0.1, 0.15) is 0 Å². The highest BCUT2D eigenvalue weighted by Gasteiger charge is 2.09. The average Bonchev–Trinajstić information content (AvgIpc) is 2.81. The molecule has 0 saturated heterocycles. The number of nitrogens with two attached hydrogens (primary N) is 1. The molecule has 0 radical (unpaired) electrons. The molecular formula is C13H17ClN4. The fourth-order valence-corrected chi connectivity index (χ4v) is 1.92. The van der Waals surface area contributed by atoms with Crippen molar-refractivity contribution in [3.8, 4) is 0 Å². The standard InChI is InChI=1S/C13H17ClN4/c1-2-3-12(15)13-9-18(17-16-13)8-10-4-6-11(14)7-5-10/h4-7,9,12H,2-3,8,15H2,1H3. The predicted molar refractivity (Wildman–Crippen MR) is 72.4 cm³/mol. The molecule has 0 spiro atoms. The number of rotatable bonds is 5. The molecule has 5 heteroatoms. The summed E-state index contributed by atoms with van der Waals surface area (Å²) < 4.78 is 1.80. The summed E-state index contributed by atoms with van der Waals surface area (Å²) in [5.74, 6) is 0. The third-order valence-electron chi connectivity index (χ3n) is 2.79. The van der Waals surface area contributed by atoms with Gasteiger partial charge < -0.3 is 5.73 Å². The van der Waals surface area contributed by atoms with Gasteiger partial charge in [-0.05, 0) is 24.1 Å². The maximum absolute atomic E-state index is 6.00. The van der Waals surface area contributed by atoms with Crippen molar-refractivity contribution in [1.82, 2.24) is 15.0 Å². The molecule has 0 saturated carbocycles. The lowest BCUT2D eigenvalue weighted by atomic mass is 10.1. The third kappa shape index (κ3) is 3.31. The van der Waals surface area contributed by atoms with Crippen molar-refractivity contribution >= 4 is 11.6 Å². The van der Waals surface area contributed by atoms with Crippen LogP contribution in [0.25, 0.3) is 0 Å². The van der Waals surface area contributed by atoms with Gasteiger partial charge in [-0.3, -0.25) is 0 Å². The molecule has 1 unspecified atom stereocenters. The Morgan fingerprint density at radius 2 is 2.06 bits per heavy atom. The molecule has 0 bridgehead atoms. The monoisotopic (exact) mass is 264 g/mol. The zero-order valence-electron chi connectivity index (χ0n) is 10.4. The Morgan fingerprint density at radius 3 is 2.72 bits per heavy atom. The average molecular weight is 265 g/mol. The van der Waals surface area contributed by atoms with E-state index in [-0.39, 0.29) is 6.04 Å². The van der Waals surface area contributed by atoms with Gasteiger partial charge in [0.05, 0.1) is 24.5 Å². The highest BCUT2D eigenvalue weighted by molar-refractivity contribution is 6.30. The Labute approximate surface area is 112 Å². The fourth-order valence-electron chi connectivity index (χ4n) is 1.80. The summed E-state index contributed by atoms with van der Waals surface area (Å²) in [6.07, 6.45) is 3.89. The summed E-state index contributed by atoms with van der Waals surface area (Å²) in [6.45, 7) is 2.79. The number of nitrogens with zero attached hydrogens (tertiary/aromatic N) is 3. The topological polar surface area (TPSA) is 56.7 Å². The summed E-state index contributed by atoms with van der Waals surface area (Å²) in [5, 5.41) is 8.94. The second kappa shape index (κ2) is 5.98. The minimum absolute atomic E-state index is 0.0195. The van der Waals surface area contributed by atoms with E-state index in [2.05, 4.69) is 17.2 Å². The second-order valence-electron chi connectivity index (χ2n) is 4.36. The number of benzene rings is 1. The molecule has 96 valence electrons. The van der Waals surface area contributed by atoms with Crippen LogP contribution in [-0.2, 0) is 6.54 Å². The van der Waals surface area contributed by atoms with E-state index in [0.717, 1.165) is 29.1 Å². The van der Waals surface area contributed by atoms with Crippen molar-refractivity contribution < 1.29 is 0 Å². The van der Waals surface area contributed by atoms with E-state index in [1.165, 1.54) is 0 Å². The molecule has 2 aromatic rings. The van der Waals surface area contributed by atoms with E-state index >= 15 is 0 Å². The Balaban J connectivity index is 2.04. The van der Waals surface area contributed by atoms with Crippen molar-refractivity contribution in [3.05, 3.63) is 46.7 Å². The maximum atomic E-state index is 6.00. The second-order valence-corrected chi connectivity index (χ2v) is 4.80. The van der Waals surface area contributed by atoms with Crippen LogP contribution in [0.15, 0.2) is 30.5 Å². The van der Waals surface area contributed by atoms with Crippen molar-refractivity contribution in [2.75, 3.05) is 0 Å². The SMILES string of the molecule is CCCC(N)c1cn(Cc2ccc(Cl)cc2)nn1. The first-order chi connectivity index (χ1) is 8.69. The molecule has 0 amide bonds. The van der Waals surface area contributed by atoms with Crippen LogP contribution in [-0.4, -0.2) is 15.0 Å². The maximum Gasteiger partial charge on any atom is 0.0994 e. The summed E-state index contributed by atoms with van der Waals surface area (Å²) in [7, 11) is 0. The minimum Gasteiger partial charge on any atom is -0.323 e. The lowest BCUT2D eigenvalue weighted by molar-refractivity contribution is 0.617. The highest BCUT2D eigenvalue weighted by atomic mass is 35.5. The molecule has 1 atom stereocenters. The van der Waals surface area contributed by atoms with Crippen molar-refractivity contribution in [1.29, 1.82) is 0 Å². The van der Waals surface area contributed by atoms with E-state index < -0.39 is 0 Å². The largest absolute Gasteiger partial charge is 0.323 e. The van der Waals surface area contributed by atoms with E-state index in [1.54, 1.807) is 4.68 Å². The molecule has 2 rings (SSSR count). The first-order valence-corrected chi connectivity index (χ1v) is 6.47. The van der Waals surface area contributed by atoms with Crippen LogP contribution in [0.4, 0.5) is 0 Å². The highest BCUT2D eigenvalue weighted by Crippen LogP contribution is 2.14. The molecule has 1 aromatic carbocycles. The van der Waals surface area contributed by atoms with Gasteiger partial charge >= 0.3 is 0 Å². The molecule has 18 heavy (non-hydrogen) atoms. The van der Waals surface area contributed by atoms with Gasteiger partial charge in [0.25, 0.3) is 0 Å². The Bertz CT molecular complexity index is 492. The van der Waals surface area contributed by atoms with E-state index in [0.29, 0.717) is 6.54 Å². The molecule has 1 aromatic heterocycles. The molecule has 0 fully saturated rings. The summed E-state index contributed by atoms with van der Waals surface area (Å²) in [6, 6.07) is 7.69. The molecule has 0 aliphatic heterocycles. The van der Waals surface area contributed by atoms with Crippen LogP contribution >= 0.6 is 11.6 Å². The van der Waals surface area contributed by atoms with Gasteiger partial charge in [-0.1, -0.05) is 42.3 Å². The van der Waals surface area contributed by atoms with Crippen molar-refractivity contribution in [3.63, 3.8) is 0 Å². The zero-order valence-corrected chi connectivity index (χ0v) is 11.1. The van der Waals surface area contributed by atoms with Crippen LogP contribution < -0.4 is 5.73 Å². The first kappa shape index (κ1) is 13.1. The quantitative estimate of drug-likeness (QED) is 0.903. The normalized spacial score (nSPS) is 12.6. The molecule has 0 aliphatic carbocycles. The first-order valence-electron chi connectivity index (χ1n) is 6.09. The minimum atomic E-state index is -0.0195. The lowest BCUT2D eigenvalue weighted by Gasteiger charge is -2.04. The van der Waals surface area contributed by atoms with Gasteiger partial charge in [0.15, 0.2) is 0 Å². The fraction of sp³-hybridized carbons (Fsp3) is 0.385. The van der Waals surface area contributed by atoms with E-state index in [1.807, 2.05) is 30.5 Å². The van der Waals surface area contributed by atoms with Crippen LogP contribution in [0.5, 0.6) is 0 Å². The zero-order chi connectivity index (χ0) is 13.0. The number of aromatic nitrogens is 3. The molecular weight excluding hydrogens is 248 g/mol. The molecule has 1 heterocycles. The van der Waals surface area contributed by atoms with Gasteiger partial charge in [0, 0.05) is 5.02 Å². The number of halogens is 1. The molecule has 4 nitrogen and oxygen atoms in total. The van der Waals surface area contributed by atoms with Crippen molar-refractivity contribution in [2.24, 2.45) is 5.73 Å². The van der Waals surface area contributed by atoms with Gasteiger partial charge in [-0.15, -0.1) is 5.10 Å². The van der Waals surface area contributed by atoms with Gasteiger partial charge in [0.2, 0.25) is 0 Å². The van der Waals surface area contributed by atoms with Crippen molar-refractivity contribution in [2.45, 2.75) is 32.4 Å². The Hall–Kier alpha value is -1.39. The summed E-state index contributed by atoms with van der Waals surface area (Å²) >= 11 is 5.84. The molecule has 0 aliphatic rings. The molecule has 2 N–H and O–H groups in total. The third-order valence-corrected chi connectivity index (χ3v) is 3.05. The Morgan fingerprint density at radius 1 is 1.33 bits per heavy atom. The van der Waals surface area contributed by atoms with Crippen LogP contribution in [0, 0.1) is 0 Å². The van der Waals surface area contributed by atoms with Crippen LogP contribution in [0.2, 0.25) is 5.02 Å². The van der Waals surface area contributed by atoms with E-state index in [9.17, 15) is 0 Å². The van der Waals surface area contributed by atoms with Crippen LogP contribution in [0.3, 0.4) is 0 Å². The number of hydrogen-bond donors (Lipinski definition) is 1. The Kier molecular flexibility index (Phi) is 4.33. The summed E-state index contributed by atoms with van der Waals surface area (Å²) in [5.41, 5.74) is 7.99. The van der Waals surface area contributed by atoms with E-state index in [4.69, 9.17) is 17.3 Å². The predicted octanol–water partition coefficient (Wildman–Crippen LogP) is 2.78. The smallest absolute Gasteiger partial charge is 0.0994 e. The van der Waals surface area contributed by atoms with Gasteiger partial charge in [-0.2, -0.15) is 0 Å². The van der Waals surface area contributed by atoms with Gasteiger partial charge in [-0.25, -0.2) is 4.68 Å². The number of hydrogen-bond acceptors (Lipinski definition) is 3. The summed E-state index contributed by atoms with van der Waals surface area (Å²) in [4.78, 5) is 0. The van der Waals surface area contributed by atoms with Crippen LogP contribution in [0.1, 0.15) is 37.1 Å².